The number of ketones is 1. The largest absolute Gasteiger partial charge is 0.361 e. The Bertz CT molecular complexity index is 996. The molecular formula is C22H22Cl2N2O2. The second-order valence-electron chi connectivity index (χ2n) is 7.14. The molecule has 0 spiro atoms. The lowest BCUT2D eigenvalue weighted by Gasteiger charge is -2.21. The molecule has 0 bridgehead atoms. The highest BCUT2D eigenvalue weighted by atomic mass is 35.5. The zero-order valence-corrected chi connectivity index (χ0v) is 17.6. The average molecular weight is 417 g/mol. The van der Waals surface area contributed by atoms with Crippen molar-refractivity contribution < 1.29 is 9.53 Å². The maximum absolute atomic E-state index is 11.7. The molecule has 3 aromatic rings. The summed E-state index contributed by atoms with van der Waals surface area (Å²) in [6, 6.07) is 17.2. The Labute approximate surface area is 175 Å². The maximum Gasteiger partial charge on any atom is 0.161 e. The smallest absolute Gasteiger partial charge is 0.161 e. The number of rotatable bonds is 7. The van der Waals surface area contributed by atoms with Crippen LogP contribution in [-0.4, -0.2) is 21.2 Å². The van der Waals surface area contributed by atoms with Gasteiger partial charge in [0.2, 0.25) is 0 Å². The van der Waals surface area contributed by atoms with Crippen LogP contribution in [0.5, 0.6) is 0 Å². The van der Waals surface area contributed by atoms with Gasteiger partial charge >= 0.3 is 0 Å². The second kappa shape index (κ2) is 8.48. The molecule has 4 nitrogen and oxygen atoms in total. The Kier molecular flexibility index (Phi) is 6.23. The third-order valence-corrected chi connectivity index (χ3v) is 5.26. The molecule has 146 valence electrons. The van der Waals surface area contributed by atoms with Crippen molar-refractivity contribution in [3.63, 3.8) is 0 Å². The van der Waals surface area contributed by atoms with Gasteiger partial charge in [0.15, 0.2) is 5.78 Å². The Balaban J connectivity index is 1.95. The van der Waals surface area contributed by atoms with Crippen molar-refractivity contribution in [2.24, 2.45) is 0 Å². The molecule has 0 saturated carbocycles. The van der Waals surface area contributed by atoms with E-state index in [0.29, 0.717) is 16.6 Å². The molecule has 0 N–H and O–H groups in total. The van der Waals surface area contributed by atoms with Crippen LogP contribution in [0.1, 0.15) is 32.0 Å². The van der Waals surface area contributed by atoms with Crippen molar-refractivity contribution in [1.29, 1.82) is 0 Å². The molecule has 6 heteroatoms. The van der Waals surface area contributed by atoms with Crippen LogP contribution < -0.4 is 0 Å². The van der Waals surface area contributed by atoms with Crippen molar-refractivity contribution in [3.8, 4) is 11.3 Å². The number of hydrogen-bond acceptors (Lipinski definition) is 3. The number of carbonyl (C=O) groups is 1. The fourth-order valence-electron chi connectivity index (χ4n) is 2.69. The number of benzene rings is 2. The molecule has 0 aliphatic carbocycles. The highest BCUT2D eigenvalue weighted by molar-refractivity contribution is 6.31. The molecule has 28 heavy (non-hydrogen) atoms. The molecule has 1 heterocycles. The predicted octanol–water partition coefficient (Wildman–Crippen LogP) is 5.79. The van der Waals surface area contributed by atoms with Crippen LogP contribution >= 0.6 is 23.2 Å². The summed E-state index contributed by atoms with van der Waals surface area (Å²) in [7, 11) is 0. The Morgan fingerprint density at radius 3 is 2.54 bits per heavy atom. The van der Waals surface area contributed by atoms with E-state index in [1.54, 1.807) is 13.8 Å². The maximum atomic E-state index is 11.7. The van der Waals surface area contributed by atoms with Gasteiger partial charge in [0.05, 0.1) is 24.5 Å². The molecule has 0 amide bonds. The van der Waals surface area contributed by atoms with E-state index in [4.69, 9.17) is 33.0 Å². The number of ether oxygens (including phenoxy) is 1. The number of hydrogen-bond donors (Lipinski definition) is 0. The number of Topliss-reactive ketones (excluding diaryl/α,β-unsaturated/α-hetero) is 1. The van der Waals surface area contributed by atoms with Gasteiger partial charge in [0.25, 0.3) is 0 Å². The molecular weight excluding hydrogens is 395 g/mol. The van der Waals surface area contributed by atoms with Gasteiger partial charge in [0.1, 0.15) is 5.60 Å². The van der Waals surface area contributed by atoms with E-state index in [1.165, 1.54) is 6.92 Å². The molecule has 0 aliphatic rings. The Morgan fingerprint density at radius 1 is 1.11 bits per heavy atom. The van der Waals surface area contributed by atoms with E-state index in [0.717, 1.165) is 22.5 Å². The van der Waals surface area contributed by atoms with Gasteiger partial charge in [0, 0.05) is 15.6 Å². The quantitative estimate of drug-likeness (QED) is 0.489. The highest BCUT2D eigenvalue weighted by Gasteiger charge is 2.25. The average Bonchev–Trinajstić information content (AvgIpc) is 3.05. The fourth-order valence-corrected chi connectivity index (χ4v) is 3.07. The topological polar surface area (TPSA) is 44.1 Å². The van der Waals surface area contributed by atoms with Crippen LogP contribution in [0.3, 0.4) is 0 Å². The van der Waals surface area contributed by atoms with Crippen molar-refractivity contribution in [2.45, 2.75) is 39.5 Å². The van der Waals surface area contributed by atoms with E-state index in [1.807, 2.05) is 59.3 Å². The van der Waals surface area contributed by atoms with Gasteiger partial charge < -0.3 is 4.74 Å². The highest BCUT2D eigenvalue weighted by Crippen LogP contribution is 2.26. The molecule has 0 saturated heterocycles. The monoisotopic (exact) mass is 416 g/mol. The first kappa shape index (κ1) is 20.6. The van der Waals surface area contributed by atoms with Crippen LogP contribution in [0.15, 0.2) is 54.6 Å². The molecule has 0 atom stereocenters. The Hall–Kier alpha value is -2.14. The van der Waals surface area contributed by atoms with Crippen molar-refractivity contribution in [1.82, 2.24) is 9.78 Å². The second-order valence-corrected chi connectivity index (χ2v) is 7.98. The van der Waals surface area contributed by atoms with Gasteiger partial charge in [-0.25, -0.2) is 0 Å². The zero-order chi connectivity index (χ0) is 20.3. The minimum absolute atomic E-state index is 0.0296. The SMILES string of the molecule is CC(=O)C(C)(C)OCc1cc(-c2cccc(Cl)c2)n(Cc2ccccc2Cl)n1. The molecule has 2 aromatic carbocycles. The molecule has 0 fully saturated rings. The third-order valence-electron chi connectivity index (χ3n) is 4.66. The molecule has 0 unspecified atom stereocenters. The summed E-state index contributed by atoms with van der Waals surface area (Å²) in [4.78, 5) is 11.7. The zero-order valence-electron chi connectivity index (χ0n) is 16.1. The van der Waals surface area contributed by atoms with Gasteiger partial charge in [-0.3, -0.25) is 9.48 Å². The van der Waals surface area contributed by atoms with E-state index < -0.39 is 5.60 Å². The number of nitrogens with zero attached hydrogens (tertiary/aromatic N) is 2. The summed E-state index contributed by atoms with van der Waals surface area (Å²) < 4.78 is 7.68. The van der Waals surface area contributed by atoms with Crippen molar-refractivity contribution in [3.05, 3.63) is 75.9 Å². The summed E-state index contributed by atoms with van der Waals surface area (Å²) in [5.74, 6) is -0.0296. The third kappa shape index (κ3) is 4.82. The molecule has 1 aromatic heterocycles. The van der Waals surface area contributed by atoms with Gasteiger partial charge in [-0.15, -0.1) is 0 Å². The minimum atomic E-state index is -0.858. The first-order valence-electron chi connectivity index (χ1n) is 8.97. The molecule has 3 rings (SSSR count). The van der Waals surface area contributed by atoms with Crippen molar-refractivity contribution in [2.75, 3.05) is 0 Å². The standard InChI is InChI=1S/C22H22Cl2N2O2/c1-15(27)22(2,3)28-14-19-12-21(16-8-6-9-18(23)11-16)26(25-19)13-17-7-4-5-10-20(17)24/h4-12H,13-14H2,1-3H3. The summed E-state index contributed by atoms with van der Waals surface area (Å²) in [5, 5.41) is 6.03. The van der Waals surface area contributed by atoms with Crippen LogP contribution in [0.25, 0.3) is 11.3 Å². The van der Waals surface area contributed by atoms with E-state index in [9.17, 15) is 4.79 Å². The minimum Gasteiger partial charge on any atom is -0.361 e. The van der Waals surface area contributed by atoms with E-state index >= 15 is 0 Å². The van der Waals surface area contributed by atoms with E-state index in [2.05, 4.69) is 0 Å². The molecule has 0 radical (unpaired) electrons. The summed E-state index contributed by atoms with van der Waals surface area (Å²) in [6.45, 7) is 5.78. The molecule has 0 aliphatic heterocycles. The van der Waals surface area contributed by atoms with Gasteiger partial charge in [-0.05, 0) is 50.6 Å². The predicted molar refractivity (Wildman–Crippen MR) is 113 cm³/mol. The lowest BCUT2D eigenvalue weighted by atomic mass is 10.1. The van der Waals surface area contributed by atoms with Crippen LogP contribution in [0, 0.1) is 0 Å². The van der Waals surface area contributed by atoms with Gasteiger partial charge in [-0.2, -0.15) is 5.10 Å². The normalized spacial score (nSPS) is 11.6. The Morgan fingerprint density at radius 2 is 1.86 bits per heavy atom. The van der Waals surface area contributed by atoms with E-state index in [-0.39, 0.29) is 12.4 Å². The first-order valence-corrected chi connectivity index (χ1v) is 9.73. The van der Waals surface area contributed by atoms with Gasteiger partial charge in [-0.1, -0.05) is 53.5 Å². The fraction of sp³-hybridized carbons (Fsp3) is 0.273. The summed E-state index contributed by atoms with van der Waals surface area (Å²) in [5.41, 5.74) is 2.69. The summed E-state index contributed by atoms with van der Waals surface area (Å²) >= 11 is 12.5. The van der Waals surface area contributed by atoms with Crippen molar-refractivity contribution >= 4 is 29.0 Å². The lowest BCUT2D eigenvalue weighted by Crippen LogP contribution is -2.32. The van der Waals surface area contributed by atoms with Crippen LogP contribution in [0.2, 0.25) is 10.0 Å². The first-order chi connectivity index (χ1) is 13.3. The number of carbonyl (C=O) groups excluding carboxylic acids is 1. The van der Waals surface area contributed by atoms with Crippen LogP contribution in [-0.2, 0) is 22.7 Å². The number of aromatic nitrogens is 2. The number of halogens is 2. The lowest BCUT2D eigenvalue weighted by molar-refractivity contribution is -0.139. The van der Waals surface area contributed by atoms with Crippen LogP contribution in [0.4, 0.5) is 0 Å². The summed E-state index contributed by atoms with van der Waals surface area (Å²) in [6.07, 6.45) is 0.